The third-order valence-electron chi connectivity index (χ3n) is 5.72. The van der Waals surface area contributed by atoms with E-state index in [2.05, 4.69) is 5.32 Å². The highest BCUT2D eigenvalue weighted by Gasteiger charge is 2.23. The summed E-state index contributed by atoms with van der Waals surface area (Å²) >= 11 is 0. The largest absolute Gasteiger partial charge is 0.377 e. The van der Waals surface area contributed by atoms with Crippen molar-refractivity contribution < 1.29 is 18.4 Å². The highest BCUT2D eigenvalue weighted by atomic mass is 19.1. The van der Waals surface area contributed by atoms with Crippen molar-refractivity contribution in [3.05, 3.63) is 95.1 Å². The molecule has 0 spiro atoms. The second-order valence-electron chi connectivity index (χ2n) is 8.40. The fourth-order valence-corrected chi connectivity index (χ4v) is 3.65. The molecule has 178 valence electrons. The van der Waals surface area contributed by atoms with Crippen LogP contribution in [-0.2, 0) is 6.54 Å². The molecule has 0 aliphatic rings. The second kappa shape index (κ2) is 10.9. The Bertz CT molecular complexity index is 1160. The molecule has 3 aromatic carbocycles. The van der Waals surface area contributed by atoms with Crippen LogP contribution >= 0.6 is 0 Å². The summed E-state index contributed by atoms with van der Waals surface area (Å²) in [7, 11) is 3.80. The number of anilines is 2. The minimum absolute atomic E-state index is 0.0712. The predicted octanol–water partition coefficient (Wildman–Crippen LogP) is 5.72. The maximum atomic E-state index is 13.5. The first-order valence-electron chi connectivity index (χ1n) is 11.1. The number of amides is 2. The molecular weight excluding hydrogens is 436 g/mol. The Balaban J connectivity index is 1.92. The number of rotatable bonds is 8. The van der Waals surface area contributed by atoms with Crippen LogP contribution in [0.5, 0.6) is 0 Å². The van der Waals surface area contributed by atoms with Gasteiger partial charge in [0.2, 0.25) is 0 Å². The monoisotopic (exact) mass is 465 g/mol. The molecule has 7 heteroatoms. The zero-order valence-electron chi connectivity index (χ0n) is 19.8. The second-order valence-corrected chi connectivity index (χ2v) is 8.40. The summed E-state index contributed by atoms with van der Waals surface area (Å²) in [5.41, 5.74) is 2.88. The van der Waals surface area contributed by atoms with Crippen molar-refractivity contribution in [2.24, 2.45) is 0 Å². The normalized spacial score (nSPS) is 11.6. The Labute approximate surface area is 199 Å². The van der Waals surface area contributed by atoms with Gasteiger partial charge in [0.1, 0.15) is 11.6 Å². The summed E-state index contributed by atoms with van der Waals surface area (Å²) in [5, 5.41) is 2.81. The summed E-state index contributed by atoms with van der Waals surface area (Å²) in [5.74, 6) is -1.51. The van der Waals surface area contributed by atoms with Crippen molar-refractivity contribution in [3.8, 4) is 0 Å². The van der Waals surface area contributed by atoms with Gasteiger partial charge in [-0.15, -0.1) is 0 Å². The van der Waals surface area contributed by atoms with E-state index in [1.54, 1.807) is 17.0 Å². The molecule has 3 aromatic rings. The third kappa shape index (κ3) is 5.98. The van der Waals surface area contributed by atoms with E-state index in [-0.39, 0.29) is 17.5 Å². The molecule has 1 N–H and O–H groups in total. The van der Waals surface area contributed by atoms with Crippen LogP contribution in [0, 0.1) is 11.6 Å². The first-order valence-corrected chi connectivity index (χ1v) is 11.1. The minimum atomic E-state index is -0.486. The third-order valence-corrected chi connectivity index (χ3v) is 5.72. The molecule has 0 aromatic heterocycles. The minimum Gasteiger partial charge on any atom is -0.377 e. The van der Waals surface area contributed by atoms with Gasteiger partial charge in [-0.1, -0.05) is 13.0 Å². The van der Waals surface area contributed by atoms with Crippen molar-refractivity contribution >= 4 is 23.2 Å². The lowest BCUT2D eigenvalue weighted by Gasteiger charge is -2.31. The van der Waals surface area contributed by atoms with Gasteiger partial charge in [0.25, 0.3) is 11.8 Å². The molecule has 1 atom stereocenters. The molecule has 34 heavy (non-hydrogen) atoms. The van der Waals surface area contributed by atoms with Gasteiger partial charge in [0, 0.05) is 49.2 Å². The molecule has 0 aliphatic heterocycles. The van der Waals surface area contributed by atoms with Gasteiger partial charge in [-0.3, -0.25) is 9.59 Å². The van der Waals surface area contributed by atoms with E-state index < -0.39 is 17.5 Å². The smallest absolute Gasteiger partial charge is 0.255 e. The summed E-state index contributed by atoms with van der Waals surface area (Å²) in [6.45, 7) is 4.26. The van der Waals surface area contributed by atoms with Crippen LogP contribution in [-0.4, -0.2) is 36.9 Å². The molecule has 5 nitrogen and oxygen atoms in total. The van der Waals surface area contributed by atoms with Crippen LogP contribution in [0.15, 0.2) is 66.7 Å². The molecule has 0 radical (unpaired) electrons. The number of nitrogens with one attached hydrogen (secondary N) is 1. The highest BCUT2D eigenvalue weighted by Crippen LogP contribution is 2.27. The highest BCUT2D eigenvalue weighted by molar-refractivity contribution is 6.04. The van der Waals surface area contributed by atoms with Crippen LogP contribution in [0.1, 0.15) is 46.5 Å². The van der Waals surface area contributed by atoms with Gasteiger partial charge in [0.05, 0.1) is 0 Å². The van der Waals surface area contributed by atoms with E-state index in [0.29, 0.717) is 17.8 Å². The van der Waals surface area contributed by atoms with Gasteiger partial charge in [-0.25, -0.2) is 8.78 Å². The van der Waals surface area contributed by atoms with E-state index in [1.165, 1.54) is 42.5 Å². The quantitative estimate of drug-likeness (QED) is 0.463. The Hall–Kier alpha value is -3.74. The molecule has 3 rings (SSSR count). The van der Waals surface area contributed by atoms with E-state index in [1.807, 2.05) is 45.0 Å². The van der Waals surface area contributed by atoms with Crippen molar-refractivity contribution in [1.29, 1.82) is 0 Å². The number of benzene rings is 3. The van der Waals surface area contributed by atoms with Crippen molar-refractivity contribution in [2.45, 2.75) is 32.9 Å². The maximum absolute atomic E-state index is 13.5. The lowest BCUT2D eigenvalue weighted by molar-refractivity contribution is 0.0671. The standard InChI is InChI=1S/C27H29F2N3O2/c1-5-18(2)32(27(34)19-9-11-22(28)12-10-19)17-21-16-24(13-14-25(21)31(3)4)30-26(33)20-7-6-8-23(29)15-20/h6-16,18H,5,17H2,1-4H3,(H,30,33)/t18-/m0/s1. The van der Waals surface area contributed by atoms with Gasteiger partial charge >= 0.3 is 0 Å². The Morgan fingerprint density at radius 1 is 0.912 bits per heavy atom. The fraction of sp³-hybridized carbons (Fsp3) is 0.259. The topological polar surface area (TPSA) is 52.7 Å². The first kappa shape index (κ1) is 24.9. The number of hydrogen-bond donors (Lipinski definition) is 1. The van der Waals surface area contributed by atoms with Crippen molar-refractivity contribution in [3.63, 3.8) is 0 Å². The summed E-state index contributed by atoms with van der Waals surface area (Å²) in [6, 6.07) is 16.4. The average Bonchev–Trinajstić information content (AvgIpc) is 2.82. The summed E-state index contributed by atoms with van der Waals surface area (Å²) in [6.07, 6.45) is 0.736. The zero-order valence-corrected chi connectivity index (χ0v) is 19.8. The van der Waals surface area contributed by atoms with Gasteiger partial charge in [-0.2, -0.15) is 0 Å². The Kier molecular flexibility index (Phi) is 7.99. The van der Waals surface area contributed by atoms with Crippen molar-refractivity contribution in [1.82, 2.24) is 4.90 Å². The Morgan fingerprint density at radius 3 is 2.24 bits per heavy atom. The van der Waals surface area contributed by atoms with Gasteiger partial charge < -0.3 is 15.1 Å². The van der Waals surface area contributed by atoms with Gasteiger partial charge in [-0.05, 0) is 79.6 Å². The van der Waals surface area contributed by atoms with Crippen LogP contribution in [0.4, 0.5) is 20.2 Å². The molecule has 0 aliphatic carbocycles. The molecule has 0 saturated heterocycles. The molecule has 0 bridgehead atoms. The molecule has 0 fully saturated rings. The number of hydrogen-bond acceptors (Lipinski definition) is 3. The SMILES string of the molecule is CC[C@H](C)N(Cc1cc(NC(=O)c2cccc(F)c2)ccc1N(C)C)C(=O)c1ccc(F)cc1. The summed E-state index contributed by atoms with van der Waals surface area (Å²) in [4.78, 5) is 29.6. The number of nitrogens with zero attached hydrogens (tertiary/aromatic N) is 2. The number of carbonyl (C=O) groups excluding carboxylic acids is 2. The molecule has 0 saturated carbocycles. The molecule has 2 amide bonds. The summed E-state index contributed by atoms with van der Waals surface area (Å²) < 4.78 is 26.9. The first-order chi connectivity index (χ1) is 16.2. The van der Waals surface area contributed by atoms with Gasteiger partial charge in [0.15, 0.2) is 0 Å². The van der Waals surface area contributed by atoms with Crippen LogP contribution in [0.3, 0.4) is 0 Å². The molecular formula is C27H29F2N3O2. The lowest BCUT2D eigenvalue weighted by Crippen LogP contribution is -2.38. The van der Waals surface area contributed by atoms with E-state index in [0.717, 1.165) is 17.7 Å². The van der Waals surface area contributed by atoms with Crippen molar-refractivity contribution in [2.75, 3.05) is 24.3 Å². The van der Waals surface area contributed by atoms with E-state index in [9.17, 15) is 18.4 Å². The van der Waals surface area contributed by atoms with Crippen LogP contribution in [0.25, 0.3) is 0 Å². The zero-order chi connectivity index (χ0) is 24.8. The van der Waals surface area contributed by atoms with Crippen LogP contribution < -0.4 is 10.2 Å². The average molecular weight is 466 g/mol. The molecule has 0 heterocycles. The predicted molar refractivity (Wildman–Crippen MR) is 131 cm³/mol. The maximum Gasteiger partial charge on any atom is 0.255 e. The van der Waals surface area contributed by atoms with E-state index in [4.69, 9.17) is 0 Å². The van der Waals surface area contributed by atoms with Crippen LogP contribution in [0.2, 0.25) is 0 Å². The number of carbonyl (C=O) groups is 2. The van der Waals surface area contributed by atoms with E-state index >= 15 is 0 Å². The Morgan fingerprint density at radius 2 is 1.62 bits per heavy atom. The fourth-order valence-electron chi connectivity index (χ4n) is 3.65. The number of halogens is 2. The lowest BCUT2D eigenvalue weighted by atomic mass is 10.1. The molecule has 0 unspecified atom stereocenters.